The molecule has 2 aromatic carbocycles. The summed E-state index contributed by atoms with van der Waals surface area (Å²) in [5.74, 6) is 1.70. The molecule has 0 radical (unpaired) electrons. The number of ether oxygens (including phenoxy) is 2. The second-order valence-electron chi connectivity index (χ2n) is 4.62. The maximum Gasteiger partial charge on any atom is 0.123 e. The summed E-state index contributed by atoms with van der Waals surface area (Å²) in [4.78, 5) is 0. The van der Waals surface area contributed by atoms with Crippen LogP contribution in [0.3, 0.4) is 0 Å². The molecule has 20 heavy (non-hydrogen) atoms. The van der Waals surface area contributed by atoms with Crippen LogP contribution >= 0.6 is 0 Å². The van der Waals surface area contributed by atoms with Crippen molar-refractivity contribution >= 4 is 0 Å². The minimum absolute atomic E-state index is 0.212. The van der Waals surface area contributed by atoms with E-state index in [0.29, 0.717) is 6.61 Å². The highest BCUT2D eigenvalue weighted by molar-refractivity contribution is 5.36. The van der Waals surface area contributed by atoms with Crippen molar-refractivity contribution in [2.24, 2.45) is 5.73 Å². The lowest BCUT2D eigenvalue weighted by atomic mass is 10.1. The second-order valence-corrected chi connectivity index (χ2v) is 4.62. The summed E-state index contributed by atoms with van der Waals surface area (Å²) >= 11 is 0. The third kappa shape index (κ3) is 3.31. The van der Waals surface area contributed by atoms with Crippen LogP contribution in [0.4, 0.5) is 0 Å². The van der Waals surface area contributed by atoms with Crippen LogP contribution in [0.1, 0.15) is 24.1 Å². The molecule has 0 aliphatic heterocycles. The van der Waals surface area contributed by atoms with Crippen molar-refractivity contribution in [3.8, 4) is 11.5 Å². The lowest BCUT2D eigenvalue weighted by Crippen LogP contribution is -2.20. The number of methoxy groups -OCH3 is 1. The maximum atomic E-state index is 6.21. The molecule has 1 atom stereocenters. The summed E-state index contributed by atoms with van der Waals surface area (Å²) in [6, 6.07) is 15.6. The van der Waals surface area contributed by atoms with Gasteiger partial charge < -0.3 is 15.2 Å². The van der Waals surface area contributed by atoms with E-state index in [1.54, 1.807) is 7.11 Å². The smallest absolute Gasteiger partial charge is 0.123 e. The molecular formula is C17H21NO2. The van der Waals surface area contributed by atoms with Crippen LogP contribution in [-0.4, -0.2) is 13.7 Å². The molecule has 0 fully saturated rings. The van der Waals surface area contributed by atoms with Crippen LogP contribution in [0.5, 0.6) is 11.5 Å². The molecule has 0 saturated carbocycles. The Balaban J connectivity index is 2.07. The van der Waals surface area contributed by atoms with Gasteiger partial charge in [-0.2, -0.15) is 0 Å². The van der Waals surface area contributed by atoms with Gasteiger partial charge in [0.15, 0.2) is 0 Å². The number of rotatable bonds is 6. The Hall–Kier alpha value is -2.00. The van der Waals surface area contributed by atoms with Gasteiger partial charge in [-0.05, 0) is 24.1 Å². The largest absolute Gasteiger partial charge is 0.496 e. The van der Waals surface area contributed by atoms with Crippen LogP contribution in [0.25, 0.3) is 0 Å². The molecule has 0 aliphatic rings. The zero-order chi connectivity index (χ0) is 14.4. The van der Waals surface area contributed by atoms with E-state index in [9.17, 15) is 0 Å². The van der Waals surface area contributed by atoms with Gasteiger partial charge in [-0.3, -0.25) is 0 Å². The average Bonchev–Trinajstić information content (AvgIpc) is 2.52. The Labute approximate surface area is 120 Å². The van der Waals surface area contributed by atoms with Crippen molar-refractivity contribution in [2.45, 2.75) is 19.4 Å². The van der Waals surface area contributed by atoms with Gasteiger partial charge in [0.1, 0.15) is 18.1 Å². The summed E-state index contributed by atoms with van der Waals surface area (Å²) < 4.78 is 11.2. The van der Waals surface area contributed by atoms with Gasteiger partial charge in [-0.1, -0.05) is 43.3 Å². The highest BCUT2D eigenvalue weighted by atomic mass is 16.5. The van der Waals surface area contributed by atoms with Crippen LogP contribution in [0.15, 0.2) is 48.5 Å². The molecule has 0 heterocycles. The van der Waals surface area contributed by atoms with E-state index in [2.05, 4.69) is 13.0 Å². The van der Waals surface area contributed by atoms with E-state index >= 15 is 0 Å². The molecule has 106 valence electrons. The molecule has 0 bridgehead atoms. The fourth-order valence-electron chi connectivity index (χ4n) is 2.18. The molecule has 0 amide bonds. The summed E-state index contributed by atoms with van der Waals surface area (Å²) in [6.07, 6.45) is 0.945. The molecule has 3 heteroatoms. The van der Waals surface area contributed by atoms with E-state index in [1.807, 2.05) is 42.5 Å². The minimum Gasteiger partial charge on any atom is -0.496 e. The van der Waals surface area contributed by atoms with Crippen molar-refractivity contribution in [3.05, 3.63) is 59.7 Å². The minimum atomic E-state index is -0.212. The van der Waals surface area contributed by atoms with Crippen molar-refractivity contribution < 1.29 is 9.47 Å². The molecule has 0 spiro atoms. The summed E-state index contributed by atoms with van der Waals surface area (Å²) in [5, 5.41) is 0. The lowest BCUT2D eigenvalue weighted by Gasteiger charge is -2.17. The van der Waals surface area contributed by atoms with E-state index in [0.717, 1.165) is 23.5 Å². The van der Waals surface area contributed by atoms with E-state index < -0.39 is 0 Å². The Kier molecular flexibility index (Phi) is 5.02. The number of nitrogens with two attached hydrogens (primary N) is 1. The quantitative estimate of drug-likeness (QED) is 0.876. The first-order chi connectivity index (χ1) is 9.76. The van der Waals surface area contributed by atoms with Crippen molar-refractivity contribution in [3.63, 3.8) is 0 Å². The number of aryl methyl sites for hydroxylation is 1. The molecule has 2 N–H and O–H groups in total. The van der Waals surface area contributed by atoms with E-state index in [4.69, 9.17) is 15.2 Å². The van der Waals surface area contributed by atoms with Crippen LogP contribution in [-0.2, 0) is 6.42 Å². The summed E-state index contributed by atoms with van der Waals surface area (Å²) in [7, 11) is 1.65. The fraction of sp³-hybridized carbons (Fsp3) is 0.294. The predicted octanol–water partition coefficient (Wildman–Crippen LogP) is 3.34. The standard InChI is InChI=1S/C17H21NO2/c1-3-13-8-4-6-10-16(13)20-12-15(18)14-9-5-7-11-17(14)19-2/h4-11,15H,3,12,18H2,1-2H3. The number of hydrogen-bond donors (Lipinski definition) is 1. The van der Waals surface area contributed by atoms with Gasteiger partial charge in [0.2, 0.25) is 0 Å². The van der Waals surface area contributed by atoms with Gasteiger partial charge in [0.05, 0.1) is 13.2 Å². The normalized spacial score (nSPS) is 11.9. The van der Waals surface area contributed by atoms with Gasteiger partial charge in [-0.15, -0.1) is 0 Å². The third-order valence-corrected chi connectivity index (χ3v) is 3.31. The van der Waals surface area contributed by atoms with Crippen LogP contribution in [0.2, 0.25) is 0 Å². The van der Waals surface area contributed by atoms with Crippen molar-refractivity contribution in [2.75, 3.05) is 13.7 Å². The second kappa shape index (κ2) is 6.96. The first-order valence-electron chi connectivity index (χ1n) is 6.85. The maximum absolute atomic E-state index is 6.21. The zero-order valence-electron chi connectivity index (χ0n) is 12.0. The van der Waals surface area contributed by atoms with E-state index in [-0.39, 0.29) is 6.04 Å². The number of hydrogen-bond acceptors (Lipinski definition) is 3. The summed E-state index contributed by atoms with van der Waals surface area (Å²) in [6.45, 7) is 2.54. The van der Waals surface area contributed by atoms with Crippen LogP contribution in [0, 0.1) is 0 Å². The SMILES string of the molecule is CCc1ccccc1OCC(N)c1ccccc1OC. The zero-order valence-corrected chi connectivity index (χ0v) is 12.0. The lowest BCUT2D eigenvalue weighted by molar-refractivity contribution is 0.284. The van der Waals surface area contributed by atoms with Gasteiger partial charge >= 0.3 is 0 Å². The van der Waals surface area contributed by atoms with Crippen LogP contribution < -0.4 is 15.2 Å². The van der Waals surface area contributed by atoms with Crippen molar-refractivity contribution in [1.29, 1.82) is 0 Å². The van der Waals surface area contributed by atoms with Crippen molar-refractivity contribution in [1.82, 2.24) is 0 Å². The topological polar surface area (TPSA) is 44.5 Å². The molecule has 3 nitrogen and oxygen atoms in total. The average molecular weight is 271 g/mol. The molecule has 0 aliphatic carbocycles. The molecule has 1 unspecified atom stereocenters. The molecule has 0 saturated heterocycles. The first kappa shape index (κ1) is 14.4. The summed E-state index contributed by atoms with van der Waals surface area (Å²) in [5.41, 5.74) is 8.36. The first-order valence-corrected chi connectivity index (χ1v) is 6.85. The van der Waals surface area contributed by atoms with E-state index in [1.165, 1.54) is 5.56 Å². The molecule has 2 rings (SSSR count). The van der Waals surface area contributed by atoms with Gasteiger partial charge in [0, 0.05) is 5.56 Å². The Bertz CT molecular complexity index is 554. The number of benzene rings is 2. The Morgan fingerprint density at radius 1 is 1.00 bits per heavy atom. The molecule has 2 aromatic rings. The molecule has 0 aromatic heterocycles. The predicted molar refractivity (Wildman–Crippen MR) is 81.2 cm³/mol. The van der Waals surface area contributed by atoms with Gasteiger partial charge in [-0.25, -0.2) is 0 Å². The molecular weight excluding hydrogens is 250 g/mol. The van der Waals surface area contributed by atoms with Gasteiger partial charge in [0.25, 0.3) is 0 Å². The Morgan fingerprint density at radius 2 is 1.65 bits per heavy atom. The highest BCUT2D eigenvalue weighted by Gasteiger charge is 2.12. The Morgan fingerprint density at radius 3 is 2.35 bits per heavy atom. The third-order valence-electron chi connectivity index (χ3n) is 3.31. The fourth-order valence-corrected chi connectivity index (χ4v) is 2.18. The number of para-hydroxylation sites is 2. The highest BCUT2D eigenvalue weighted by Crippen LogP contribution is 2.25. The monoisotopic (exact) mass is 271 g/mol.